The Morgan fingerprint density at radius 2 is 1.84 bits per heavy atom. The minimum absolute atomic E-state index is 0.204. The highest BCUT2D eigenvalue weighted by atomic mass is 32.2. The third kappa shape index (κ3) is 2.70. The fourth-order valence-corrected chi connectivity index (χ4v) is 5.80. The smallest absolute Gasteiger partial charge is 0.243 e. The van der Waals surface area contributed by atoms with Crippen LogP contribution in [-0.4, -0.2) is 31.6 Å². The molecule has 25 heavy (non-hydrogen) atoms. The summed E-state index contributed by atoms with van der Waals surface area (Å²) in [5.74, 6) is 0.204. The summed E-state index contributed by atoms with van der Waals surface area (Å²) in [6.07, 6.45) is 5.38. The highest BCUT2D eigenvalue weighted by Crippen LogP contribution is 2.46. The van der Waals surface area contributed by atoms with Crippen LogP contribution in [0.15, 0.2) is 52.0 Å². The van der Waals surface area contributed by atoms with E-state index in [1.54, 1.807) is 12.1 Å². The van der Waals surface area contributed by atoms with Gasteiger partial charge in [0, 0.05) is 24.9 Å². The summed E-state index contributed by atoms with van der Waals surface area (Å²) in [7, 11) is -3.54. The molecule has 0 amide bonds. The lowest BCUT2D eigenvalue weighted by Gasteiger charge is -2.24. The second-order valence-corrected chi connectivity index (χ2v) is 9.71. The zero-order valence-corrected chi connectivity index (χ0v) is 15.5. The van der Waals surface area contributed by atoms with Gasteiger partial charge in [0.05, 0.1) is 4.90 Å². The van der Waals surface area contributed by atoms with Crippen LogP contribution in [0.25, 0.3) is 0 Å². The van der Waals surface area contributed by atoms with Gasteiger partial charge in [0.15, 0.2) is 5.78 Å². The lowest BCUT2D eigenvalue weighted by molar-refractivity contribution is -0.117. The van der Waals surface area contributed by atoms with Crippen molar-refractivity contribution < 1.29 is 13.2 Å². The summed E-state index contributed by atoms with van der Waals surface area (Å²) in [5.41, 5.74) is 3.85. The molecule has 1 aromatic carbocycles. The first-order valence-electron chi connectivity index (χ1n) is 8.83. The van der Waals surface area contributed by atoms with Crippen molar-refractivity contribution in [2.75, 3.05) is 13.1 Å². The van der Waals surface area contributed by atoms with Crippen LogP contribution in [0.3, 0.4) is 0 Å². The number of Topliss-reactive ketones (excluding diaryl/α,β-unsaturated/α-hetero) is 1. The first-order chi connectivity index (χ1) is 11.8. The summed E-state index contributed by atoms with van der Waals surface area (Å²) in [6.45, 7) is 4.73. The second-order valence-electron chi connectivity index (χ2n) is 7.77. The van der Waals surface area contributed by atoms with Gasteiger partial charge in [-0.15, -0.1) is 0 Å². The Kier molecular flexibility index (Phi) is 3.78. The maximum atomic E-state index is 13.0. The van der Waals surface area contributed by atoms with Crippen LogP contribution in [-0.2, 0) is 14.8 Å². The highest BCUT2D eigenvalue weighted by molar-refractivity contribution is 7.89. The molecule has 0 N–H and O–H groups in total. The summed E-state index contributed by atoms with van der Waals surface area (Å²) in [6, 6.07) is 6.97. The summed E-state index contributed by atoms with van der Waals surface area (Å²) >= 11 is 0. The number of ketones is 1. The van der Waals surface area contributed by atoms with E-state index in [4.69, 9.17) is 0 Å². The van der Waals surface area contributed by atoms with Crippen molar-refractivity contribution in [2.45, 2.75) is 44.4 Å². The monoisotopic (exact) mass is 357 g/mol. The van der Waals surface area contributed by atoms with Gasteiger partial charge in [-0.25, -0.2) is 8.42 Å². The molecule has 5 heteroatoms. The fourth-order valence-electron chi connectivity index (χ4n) is 4.26. The zero-order chi connectivity index (χ0) is 17.8. The standard InChI is InChI=1S/C20H23NO3S/c1-14-6-8-17(9-7-14)25(23,24)21-12-16-10-15-4-3-5-18(15)19(22)11-20(16,2)13-21/h6-10H,3-5,11-13H2,1-2H3/t20-/m0/s1. The lowest BCUT2D eigenvalue weighted by Crippen LogP contribution is -2.32. The number of aryl methyl sites for hydroxylation is 1. The normalized spacial score (nSPS) is 27.1. The Morgan fingerprint density at radius 3 is 2.56 bits per heavy atom. The van der Waals surface area contributed by atoms with E-state index in [-0.39, 0.29) is 11.2 Å². The molecule has 4 rings (SSSR count). The van der Waals surface area contributed by atoms with Gasteiger partial charge in [-0.1, -0.05) is 30.7 Å². The molecular weight excluding hydrogens is 334 g/mol. The van der Waals surface area contributed by atoms with Crippen molar-refractivity contribution in [1.82, 2.24) is 4.31 Å². The van der Waals surface area contributed by atoms with Crippen LogP contribution in [0.1, 0.15) is 38.2 Å². The molecule has 0 unspecified atom stereocenters. The van der Waals surface area contributed by atoms with E-state index in [1.807, 2.05) is 26.0 Å². The van der Waals surface area contributed by atoms with Crippen molar-refractivity contribution in [3.8, 4) is 0 Å². The van der Waals surface area contributed by atoms with E-state index in [0.29, 0.717) is 24.4 Å². The minimum atomic E-state index is -3.54. The molecule has 4 nitrogen and oxygen atoms in total. The Balaban J connectivity index is 1.70. The van der Waals surface area contributed by atoms with E-state index < -0.39 is 10.0 Å². The Morgan fingerprint density at radius 1 is 1.12 bits per heavy atom. The van der Waals surface area contributed by atoms with Gasteiger partial charge in [0.25, 0.3) is 0 Å². The molecule has 0 radical (unpaired) electrons. The average molecular weight is 357 g/mol. The fraction of sp³-hybridized carbons (Fsp3) is 0.450. The summed E-state index contributed by atoms with van der Waals surface area (Å²) in [5, 5.41) is 0. The van der Waals surface area contributed by atoms with Gasteiger partial charge in [0.2, 0.25) is 10.0 Å². The topological polar surface area (TPSA) is 54.5 Å². The molecule has 3 aliphatic rings. The molecule has 0 spiro atoms. The number of carbonyl (C=O) groups excluding carboxylic acids is 1. The zero-order valence-electron chi connectivity index (χ0n) is 14.7. The van der Waals surface area contributed by atoms with Crippen molar-refractivity contribution in [3.05, 3.63) is 52.6 Å². The third-order valence-corrected chi connectivity index (χ3v) is 7.61. The number of carbonyl (C=O) groups is 1. The summed E-state index contributed by atoms with van der Waals surface area (Å²) < 4.78 is 27.6. The van der Waals surface area contributed by atoms with Crippen LogP contribution in [0.2, 0.25) is 0 Å². The molecule has 0 aromatic heterocycles. The van der Waals surface area contributed by atoms with E-state index in [0.717, 1.165) is 41.5 Å². The van der Waals surface area contributed by atoms with Gasteiger partial charge >= 0.3 is 0 Å². The molecular formula is C20H23NO3S. The molecule has 2 aliphatic carbocycles. The van der Waals surface area contributed by atoms with Crippen molar-refractivity contribution >= 4 is 15.8 Å². The van der Waals surface area contributed by atoms with E-state index in [9.17, 15) is 13.2 Å². The van der Waals surface area contributed by atoms with Gasteiger partial charge < -0.3 is 0 Å². The molecule has 0 bridgehead atoms. The molecule has 1 atom stereocenters. The number of fused-ring (bicyclic) bond motifs is 1. The third-order valence-electron chi connectivity index (χ3n) is 5.80. The second kappa shape index (κ2) is 5.64. The largest absolute Gasteiger partial charge is 0.295 e. The van der Waals surface area contributed by atoms with Gasteiger partial charge in [0.1, 0.15) is 0 Å². The van der Waals surface area contributed by atoms with Crippen LogP contribution in [0.4, 0.5) is 0 Å². The van der Waals surface area contributed by atoms with Crippen LogP contribution in [0.5, 0.6) is 0 Å². The first kappa shape index (κ1) is 16.7. The number of benzene rings is 1. The molecule has 0 saturated carbocycles. The Hall–Kier alpha value is -1.72. The highest BCUT2D eigenvalue weighted by Gasteiger charge is 2.46. The lowest BCUT2D eigenvalue weighted by atomic mass is 9.80. The van der Waals surface area contributed by atoms with Crippen LogP contribution in [0, 0.1) is 12.3 Å². The Bertz CT molecular complexity index is 909. The van der Waals surface area contributed by atoms with Crippen LogP contribution < -0.4 is 0 Å². The van der Waals surface area contributed by atoms with Crippen molar-refractivity contribution in [1.29, 1.82) is 0 Å². The van der Waals surface area contributed by atoms with Crippen molar-refractivity contribution in [2.24, 2.45) is 5.41 Å². The first-order valence-corrected chi connectivity index (χ1v) is 10.3. The van der Waals surface area contributed by atoms with Gasteiger partial charge in [-0.2, -0.15) is 4.31 Å². The Labute approximate surface area is 149 Å². The molecule has 1 aliphatic heterocycles. The number of nitrogens with zero attached hydrogens (tertiary/aromatic N) is 1. The number of hydrogen-bond donors (Lipinski definition) is 0. The van der Waals surface area contributed by atoms with Crippen LogP contribution >= 0.6 is 0 Å². The number of sulfonamides is 1. The molecule has 1 heterocycles. The predicted molar refractivity (Wildman–Crippen MR) is 96.6 cm³/mol. The van der Waals surface area contributed by atoms with Crippen molar-refractivity contribution in [3.63, 3.8) is 0 Å². The molecule has 1 fully saturated rings. The van der Waals surface area contributed by atoms with Gasteiger partial charge in [-0.3, -0.25) is 4.79 Å². The van der Waals surface area contributed by atoms with E-state index in [2.05, 4.69) is 6.08 Å². The van der Waals surface area contributed by atoms with E-state index >= 15 is 0 Å². The number of hydrogen-bond acceptors (Lipinski definition) is 3. The number of allylic oxidation sites excluding steroid dienone is 3. The molecule has 1 aromatic rings. The van der Waals surface area contributed by atoms with Gasteiger partial charge in [-0.05, 0) is 55.0 Å². The average Bonchev–Trinajstić information content (AvgIpc) is 3.12. The quantitative estimate of drug-likeness (QED) is 0.815. The maximum absolute atomic E-state index is 13.0. The molecule has 1 saturated heterocycles. The maximum Gasteiger partial charge on any atom is 0.243 e. The minimum Gasteiger partial charge on any atom is -0.295 e. The van der Waals surface area contributed by atoms with E-state index in [1.165, 1.54) is 4.31 Å². The summed E-state index contributed by atoms with van der Waals surface area (Å²) in [4.78, 5) is 13.0. The number of rotatable bonds is 2. The SMILES string of the molecule is Cc1ccc(S(=O)(=O)N2CC3=CC4=C(CCC4)C(=O)C[C@@]3(C)C2)cc1. The predicted octanol–water partition coefficient (Wildman–Crippen LogP) is 3.39. The molecule has 132 valence electrons.